The summed E-state index contributed by atoms with van der Waals surface area (Å²) < 4.78 is 13.3. The average molecular weight is 181 g/mol. The molecule has 1 aromatic rings. The van der Waals surface area contributed by atoms with Gasteiger partial charge in [0, 0.05) is 5.41 Å². The van der Waals surface area contributed by atoms with Crippen LogP contribution in [0.15, 0.2) is 29.4 Å². The monoisotopic (exact) mass is 181 g/mol. The molecule has 0 atom stereocenters. The van der Waals surface area contributed by atoms with E-state index in [1.165, 1.54) is 12.3 Å². The van der Waals surface area contributed by atoms with Crippen molar-refractivity contribution in [2.24, 2.45) is 5.16 Å². The Kier molecular flexibility index (Phi) is 2.66. The standard InChI is InChI=1S/C10H12FNO/c1-10(2,7-12-13)8-5-3-4-6-9(8)11/h3-7,13H,1-2H3. The number of hydrogen-bond acceptors (Lipinski definition) is 2. The SMILES string of the molecule is CC(C)(C=NO)c1ccccc1F. The maximum Gasteiger partial charge on any atom is 0.127 e. The van der Waals surface area contributed by atoms with Crippen LogP contribution in [-0.2, 0) is 5.41 Å². The van der Waals surface area contributed by atoms with Crippen LogP contribution in [0.1, 0.15) is 19.4 Å². The van der Waals surface area contributed by atoms with E-state index in [0.29, 0.717) is 5.56 Å². The minimum atomic E-state index is -0.583. The lowest BCUT2D eigenvalue weighted by Gasteiger charge is -2.19. The van der Waals surface area contributed by atoms with Crippen molar-refractivity contribution in [1.29, 1.82) is 0 Å². The number of rotatable bonds is 2. The molecule has 1 rings (SSSR count). The van der Waals surface area contributed by atoms with E-state index >= 15 is 0 Å². The highest BCUT2D eigenvalue weighted by Gasteiger charge is 2.21. The van der Waals surface area contributed by atoms with E-state index in [1.807, 2.05) is 0 Å². The molecule has 0 bridgehead atoms. The smallest absolute Gasteiger partial charge is 0.127 e. The van der Waals surface area contributed by atoms with Crippen LogP contribution in [0.4, 0.5) is 4.39 Å². The maximum atomic E-state index is 13.3. The first-order chi connectivity index (χ1) is 6.08. The minimum Gasteiger partial charge on any atom is -0.411 e. The van der Waals surface area contributed by atoms with E-state index in [4.69, 9.17) is 5.21 Å². The van der Waals surface area contributed by atoms with Gasteiger partial charge in [-0.2, -0.15) is 0 Å². The molecule has 0 aliphatic heterocycles. The Balaban J connectivity index is 3.14. The van der Waals surface area contributed by atoms with Crippen LogP contribution in [0.25, 0.3) is 0 Å². The summed E-state index contributed by atoms with van der Waals surface area (Å²) in [5, 5.41) is 11.3. The van der Waals surface area contributed by atoms with Gasteiger partial charge in [-0.15, -0.1) is 5.16 Å². The molecule has 13 heavy (non-hydrogen) atoms. The van der Waals surface area contributed by atoms with E-state index in [1.54, 1.807) is 32.0 Å². The predicted molar refractivity (Wildman–Crippen MR) is 49.7 cm³/mol. The molecule has 2 nitrogen and oxygen atoms in total. The minimum absolute atomic E-state index is 0.285. The Hall–Kier alpha value is -1.38. The molecule has 0 heterocycles. The van der Waals surface area contributed by atoms with Crippen molar-refractivity contribution in [2.45, 2.75) is 19.3 Å². The fraction of sp³-hybridized carbons (Fsp3) is 0.300. The zero-order valence-corrected chi connectivity index (χ0v) is 7.66. The second kappa shape index (κ2) is 3.56. The summed E-state index contributed by atoms with van der Waals surface area (Å²) in [6.07, 6.45) is 1.31. The largest absolute Gasteiger partial charge is 0.411 e. The molecule has 3 heteroatoms. The van der Waals surface area contributed by atoms with Crippen molar-refractivity contribution < 1.29 is 9.60 Å². The third kappa shape index (κ3) is 2.05. The highest BCUT2D eigenvalue weighted by Crippen LogP contribution is 2.23. The van der Waals surface area contributed by atoms with Crippen molar-refractivity contribution in [3.05, 3.63) is 35.6 Å². The third-order valence-corrected chi connectivity index (χ3v) is 1.95. The molecular weight excluding hydrogens is 169 g/mol. The first-order valence-corrected chi connectivity index (χ1v) is 4.01. The van der Waals surface area contributed by atoms with Gasteiger partial charge in [0.2, 0.25) is 0 Å². The lowest BCUT2D eigenvalue weighted by Crippen LogP contribution is -2.20. The molecule has 70 valence electrons. The number of nitrogens with zero attached hydrogens (tertiary/aromatic N) is 1. The third-order valence-electron chi connectivity index (χ3n) is 1.95. The van der Waals surface area contributed by atoms with Gasteiger partial charge in [0.05, 0.1) is 6.21 Å². The maximum absolute atomic E-state index is 13.3. The van der Waals surface area contributed by atoms with Gasteiger partial charge in [-0.1, -0.05) is 32.0 Å². The Labute approximate surface area is 76.7 Å². The summed E-state index contributed by atoms with van der Waals surface area (Å²) in [6.45, 7) is 3.57. The molecule has 0 fully saturated rings. The predicted octanol–water partition coefficient (Wildman–Crippen LogP) is 2.56. The number of hydrogen-bond donors (Lipinski definition) is 1. The molecule has 1 aromatic carbocycles. The normalized spacial score (nSPS) is 12.2. The van der Waals surface area contributed by atoms with Gasteiger partial charge < -0.3 is 5.21 Å². The molecule has 0 amide bonds. The van der Waals surface area contributed by atoms with E-state index in [0.717, 1.165) is 0 Å². The summed E-state index contributed by atoms with van der Waals surface area (Å²) in [5.74, 6) is -0.285. The van der Waals surface area contributed by atoms with Gasteiger partial charge in [0.25, 0.3) is 0 Å². The molecule has 1 N–H and O–H groups in total. The zero-order valence-electron chi connectivity index (χ0n) is 7.66. The fourth-order valence-electron chi connectivity index (χ4n) is 1.20. The highest BCUT2D eigenvalue weighted by molar-refractivity contribution is 5.71. The fourth-order valence-corrected chi connectivity index (χ4v) is 1.20. The van der Waals surface area contributed by atoms with Gasteiger partial charge in [-0.25, -0.2) is 4.39 Å². The van der Waals surface area contributed by atoms with Crippen molar-refractivity contribution in [3.8, 4) is 0 Å². The van der Waals surface area contributed by atoms with Crippen LogP contribution in [0.2, 0.25) is 0 Å². The van der Waals surface area contributed by atoms with Gasteiger partial charge in [0.15, 0.2) is 0 Å². The zero-order chi connectivity index (χ0) is 9.90. The molecule has 0 saturated carbocycles. The summed E-state index contributed by atoms with van der Waals surface area (Å²) in [7, 11) is 0. The number of benzene rings is 1. The van der Waals surface area contributed by atoms with Gasteiger partial charge in [-0.3, -0.25) is 0 Å². The van der Waals surface area contributed by atoms with Gasteiger partial charge >= 0.3 is 0 Å². The van der Waals surface area contributed by atoms with E-state index in [9.17, 15) is 4.39 Å². The summed E-state index contributed by atoms with van der Waals surface area (Å²) in [6, 6.07) is 6.45. The van der Waals surface area contributed by atoms with Crippen molar-refractivity contribution in [3.63, 3.8) is 0 Å². The van der Waals surface area contributed by atoms with Crippen molar-refractivity contribution >= 4 is 6.21 Å². The second-order valence-electron chi connectivity index (χ2n) is 3.45. The van der Waals surface area contributed by atoms with Crippen LogP contribution in [-0.4, -0.2) is 11.4 Å². The summed E-state index contributed by atoms with van der Waals surface area (Å²) in [4.78, 5) is 0. The molecule has 0 aliphatic rings. The molecular formula is C10H12FNO. The van der Waals surface area contributed by atoms with Crippen LogP contribution in [0.5, 0.6) is 0 Å². The molecule has 0 aliphatic carbocycles. The summed E-state index contributed by atoms with van der Waals surface area (Å²) in [5.41, 5.74) is -0.0621. The lowest BCUT2D eigenvalue weighted by molar-refractivity contribution is 0.317. The van der Waals surface area contributed by atoms with Crippen LogP contribution in [0.3, 0.4) is 0 Å². The van der Waals surface area contributed by atoms with Crippen LogP contribution < -0.4 is 0 Å². The topological polar surface area (TPSA) is 32.6 Å². The van der Waals surface area contributed by atoms with E-state index in [-0.39, 0.29) is 5.82 Å². The molecule has 0 spiro atoms. The Morgan fingerprint density at radius 3 is 2.54 bits per heavy atom. The van der Waals surface area contributed by atoms with Gasteiger partial charge in [-0.05, 0) is 11.6 Å². The molecule has 0 unspecified atom stereocenters. The Morgan fingerprint density at radius 2 is 2.00 bits per heavy atom. The van der Waals surface area contributed by atoms with Crippen molar-refractivity contribution in [1.82, 2.24) is 0 Å². The highest BCUT2D eigenvalue weighted by atomic mass is 19.1. The van der Waals surface area contributed by atoms with Crippen molar-refractivity contribution in [2.75, 3.05) is 0 Å². The summed E-state index contributed by atoms with van der Waals surface area (Å²) >= 11 is 0. The average Bonchev–Trinajstić information content (AvgIpc) is 2.04. The Bertz CT molecular complexity index is 320. The number of halogens is 1. The molecule has 0 saturated heterocycles. The molecule has 0 aromatic heterocycles. The quantitative estimate of drug-likeness (QED) is 0.424. The van der Waals surface area contributed by atoms with Crippen LogP contribution in [0, 0.1) is 5.82 Å². The lowest BCUT2D eigenvalue weighted by atomic mass is 9.86. The second-order valence-corrected chi connectivity index (χ2v) is 3.45. The first kappa shape index (κ1) is 9.71. The van der Waals surface area contributed by atoms with Crippen LogP contribution >= 0.6 is 0 Å². The Morgan fingerprint density at radius 1 is 1.38 bits per heavy atom. The number of oxime groups is 1. The molecule has 0 radical (unpaired) electrons. The first-order valence-electron chi connectivity index (χ1n) is 4.01. The van der Waals surface area contributed by atoms with E-state index in [2.05, 4.69) is 5.16 Å². The van der Waals surface area contributed by atoms with Gasteiger partial charge in [0.1, 0.15) is 5.82 Å². The van der Waals surface area contributed by atoms with E-state index < -0.39 is 5.41 Å².